The predicted molar refractivity (Wildman–Crippen MR) is 127 cm³/mol. The van der Waals surface area contributed by atoms with Crippen LogP contribution in [0.1, 0.15) is 51.7 Å². The van der Waals surface area contributed by atoms with Gasteiger partial charge in [0.1, 0.15) is 11.4 Å². The third kappa shape index (κ3) is 5.57. The molecule has 2 saturated heterocycles. The fourth-order valence-corrected chi connectivity index (χ4v) is 5.47. The Balaban J connectivity index is 1.26. The largest absolute Gasteiger partial charge is 0.487 e. The maximum Gasteiger partial charge on any atom is 0.320 e. The number of piperidine rings is 1. The van der Waals surface area contributed by atoms with Gasteiger partial charge in [-0.1, -0.05) is 19.1 Å². The molecule has 3 aliphatic heterocycles. The molecule has 0 aliphatic carbocycles. The fourth-order valence-electron chi connectivity index (χ4n) is 5.47. The summed E-state index contributed by atoms with van der Waals surface area (Å²) in [5.74, 6) is 1.72. The van der Waals surface area contributed by atoms with E-state index in [9.17, 15) is 4.79 Å². The van der Waals surface area contributed by atoms with Crippen LogP contribution in [0.25, 0.3) is 0 Å². The standard InChI is InChI=1S/C26H41N3O3/c1-5-27(20(2)16-22-6-7-24-23(17-22)18-26(3,4)32-24)19-21-8-10-28(11-9-21)25(30)29-12-14-31-15-13-29/h6-7,17,20-21H,5,8-16,18-19H2,1-4H3. The van der Waals surface area contributed by atoms with Gasteiger partial charge < -0.3 is 24.2 Å². The first kappa shape index (κ1) is 23.4. The number of carbonyl (C=O) groups is 1. The number of likely N-dealkylation sites (tertiary alicyclic amines) is 1. The molecular formula is C26H41N3O3. The lowest BCUT2D eigenvalue weighted by molar-refractivity contribution is 0.0387. The molecule has 0 bridgehead atoms. The minimum Gasteiger partial charge on any atom is -0.487 e. The highest BCUT2D eigenvalue weighted by Gasteiger charge is 2.31. The summed E-state index contributed by atoms with van der Waals surface area (Å²) in [4.78, 5) is 19.4. The summed E-state index contributed by atoms with van der Waals surface area (Å²) in [6, 6.07) is 7.45. The first-order valence-corrected chi connectivity index (χ1v) is 12.5. The van der Waals surface area contributed by atoms with Crippen LogP contribution in [0, 0.1) is 5.92 Å². The number of nitrogens with zero attached hydrogens (tertiary/aromatic N) is 3. The van der Waals surface area contributed by atoms with Gasteiger partial charge in [-0.05, 0) is 69.7 Å². The molecule has 0 saturated carbocycles. The number of fused-ring (bicyclic) bond motifs is 1. The molecule has 0 aromatic heterocycles. The van der Waals surface area contributed by atoms with E-state index in [0.717, 1.165) is 70.7 Å². The van der Waals surface area contributed by atoms with E-state index in [0.29, 0.717) is 25.2 Å². The molecule has 6 nitrogen and oxygen atoms in total. The van der Waals surface area contributed by atoms with E-state index in [1.807, 2.05) is 4.90 Å². The number of carbonyl (C=O) groups excluding carboxylic acids is 1. The molecule has 1 atom stereocenters. The third-order valence-electron chi connectivity index (χ3n) is 7.35. The van der Waals surface area contributed by atoms with Crippen molar-refractivity contribution in [2.24, 2.45) is 5.92 Å². The lowest BCUT2D eigenvalue weighted by atomic mass is 9.94. The Labute approximate surface area is 193 Å². The van der Waals surface area contributed by atoms with Gasteiger partial charge in [0.2, 0.25) is 0 Å². The van der Waals surface area contributed by atoms with Gasteiger partial charge in [0.15, 0.2) is 0 Å². The quantitative estimate of drug-likeness (QED) is 0.671. The number of hydrogen-bond acceptors (Lipinski definition) is 4. The molecule has 2 amide bonds. The van der Waals surface area contributed by atoms with Gasteiger partial charge in [-0.2, -0.15) is 0 Å². The minimum absolute atomic E-state index is 0.0833. The number of benzene rings is 1. The molecule has 0 spiro atoms. The van der Waals surface area contributed by atoms with Crippen LogP contribution in [0.5, 0.6) is 5.75 Å². The zero-order valence-electron chi connectivity index (χ0n) is 20.4. The second kappa shape index (κ2) is 10.0. The summed E-state index contributed by atoms with van der Waals surface area (Å²) < 4.78 is 11.4. The maximum absolute atomic E-state index is 12.7. The van der Waals surface area contributed by atoms with Crippen molar-refractivity contribution in [3.8, 4) is 5.75 Å². The molecule has 0 N–H and O–H groups in total. The Morgan fingerprint density at radius 3 is 2.53 bits per heavy atom. The van der Waals surface area contributed by atoms with Crippen molar-refractivity contribution in [2.45, 2.75) is 65.0 Å². The fraction of sp³-hybridized carbons (Fsp3) is 0.731. The van der Waals surface area contributed by atoms with Crippen LogP contribution in [-0.2, 0) is 17.6 Å². The molecule has 3 heterocycles. The van der Waals surface area contributed by atoms with E-state index >= 15 is 0 Å². The highest BCUT2D eigenvalue weighted by molar-refractivity contribution is 5.74. The zero-order valence-corrected chi connectivity index (χ0v) is 20.4. The normalized spacial score (nSPS) is 22.0. The van der Waals surface area contributed by atoms with Crippen molar-refractivity contribution >= 4 is 6.03 Å². The average Bonchev–Trinajstić information content (AvgIpc) is 3.11. The molecular weight excluding hydrogens is 402 g/mol. The van der Waals surface area contributed by atoms with Crippen LogP contribution in [0.2, 0.25) is 0 Å². The Morgan fingerprint density at radius 2 is 1.84 bits per heavy atom. The van der Waals surface area contributed by atoms with Crippen LogP contribution in [-0.4, -0.2) is 84.9 Å². The van der Waals surface area contributed by atoms with E-state index in [2.05, 4.69) is 55.7 Å². The van der Waals surface area contributed by atoms with Crippen LogP contribution >= 0.6 is 0 Å². The Kier molecular flexibility index (Phi) is 7.30. The first-order chi connectivity index (χ1) is 15.3. The molecule has 6 heteroatoms. The molecule has 32 heavy (non-hydrogen) atoms. The van der Waals surface area contributed by atoms with Crippen molar-refractivity contribution < 1.29 is 14.3 Å². The second-order valence-corrected chi connectivity index (χ2v) is 10.4. The monoisotopic (exact) mass is 443 g/mol. The lowest BCUT2D eigenvalue weighted by Gasteiger charge is -2.39. The van der Waals surface area contributed by atoms with Crippen molar-refractivity contribution in [3.05, 3.63) is 29.3 Å². The SMILES string of the molecule is CCN(CC1CCN(C(=O)N2CCOCC2)CC1)C(C)Cc1ccc2c(c1)CC(C)(C)O2. The van der Waals surface area contributed by atoms with Gasteiger partial charge in [-0.3, -0.25) is 0 Å². The zero-order chi connectivity index (χ0) is 22.7. The van der Waals surface area contributed by atoms with E-state index in [-0.39, 0.29) is 11.6 Å². The summed E-state index contributed by atoms with van der Waals surface area (Å²) in [6.07, 6.45) is 4.26. The third-order valence-corrected chi connectivity index (χ3v) is 7.35. The van der Waals surface area contributed by atoms with E-state index < -0.39 is 0 Å². The molecule has 1 unspecified atom stereocenters. The van der Waals surface area contributed by atoms with Crippen LogP contribution in [0.15, 0.2) is 18.2 Å². The van der Waals surface area contributed by atoms with Crippen molar-refractivity contribution in [2.75, 3.05) is 52.5 Å². The summed E-state index contributed by atoms with van der Waals surface area (Å²) in [5, 5.41) is 0. The molecule has 178 valence electrons. The van der Waals surface area contributed by atoms with E-state index in [4.69, 9.17) is 9.47 Å². The second-order valence-electron chi connectivity index (χ2n) is 10.4. The van der Waals surface area contributed by atoms with Gasteiger partial charge >= 0.3 is 6.03 Å². The van der Waals surface area contributed by atoms with Crippen molar-refractivity contribution in [3.63, 3.8) is 0 Å². The lowest BCUT2D eigenvalue weighted by Crippen LogP contribution is -2.51. The number of urea groups is 1. The highest BCUT2D eigenvalue weighted by atomic mass is 16.5. The molecule has 3 aliphatic rings. The summed E-state index contributed by atoms with van der Waals surface area (Å²) in [7, 11) is 0. The van der Waals surface area contributed by atoms with Crippen molar-refractivity contribution in [1.29, 1.82) is 0 Å². The van der Waals surface area contributed by atoms with Gasteiger partial charge in [0.25, 0.3) is 0 Å². The predicted octanol–water partition coefficient (Wildman–Crippen LogP) is 3.82. The maximum atomic E-state index is 12.7. The van der Waals surface area contributed by atoms with Crippen LogP contribution < -0.4 is 4.74 Å². The van der Waals surface area contributed by atoms with Gasteiger partial charge in [0.05, 0.1) is 13.2 Å². The number of rotatable bonds is 6. The summed E-state index contributed by atoms with van der Waals surface area (Å²) in [5.41, 5.74) is 2.67. The van der Waals surface area contributed by atoms with E-state index in [1.165, 1.54) is 11.1 Å². The summed E-state index contributed by atoms with van der Waals surface area (Å²) >= 11 is 0. The van der Waals surface area contributed by atoms with Gasteiger partial charge in [0, 0.05) is 45.2 Å². The van der Waals surface area contributed by atoms with Crippen LogP contribution in [0.4, 0.5) is 4.79 Å². The minimum atomic E-state index is -0.0833. The molecule has 2 fully saturated rings. The topological polar surface area (TPSA) is 45.2 Å². The Morgan fingerprint density at radius 1 is 1.16 bits per heavy atom. The number of morpholine rings is 1. The number of likely N-dealkylation sites (N-methyl/N-ethyl adjacent to an activating group) is 1. The van der Waals surface area contributed by atoms with Gasteiger partial charge in [-0.25, -0.2) is 4.79 Å². The first-order valence-electron chi connectivity index (χ1n) is 12.5. The average molecular weight is 444 g/mol. The number of hydrogen-bond donors (Lipinski definition) is 0. The highest BCUT2D eigenvalue weighted by Crippen LogP contribution is 2.35. The van der Waals surface area contributed by atoms with Gasteiger partial charge in [-0.15, -0.1) is 0 Å². The molecule has 4 rings (SSSR count). The Hall–Kier alpha value is -1.79. The van der Waals surface area contributed by atoms with E-state index in [1.54, 1.807) is 0 Å². The number of ether oxygens (including phenoxy) is 2. The van der Waals surface area contributed by atoms with Crippen LogP contribution in [0.3, 0.4) is 0 Å². The number of amides is 2. The molecule has 1 aromatic rings. The molecule has 1 aromatic carbocycles. The molecule has 0 radical (unpaired) electrons. The van der Waals surface area contributed by atoms with Crippen molar-refractivity contribution in [1.82, 2.24) is 14.7 Å². The Bertz CT molecular complexity index is 783. The smallest absolute Gasteiger partial charge is 0.320 e. The summed E-state index contributed by atoms with van der Waals surface area (Å²) in [6.45, 7) is 15.7.